The van der Waals surface area contributed by atoms with E-state index in [0.717, 1.165) is 38.1 Å². The van der Waals surface area contributed by atoms with Crippen LogP contribution in [0.3, 0.4) is 0 Å². The number of benzene rings is 1. The van der Waals surface area contributed by atoms with E-state index in [1.165, 1.54) is 23.8 Å². The summed E-state index contributed by atoms with van der Waals surface area (Å²) in [6.07, 6.45) is 5.34. The van der Waals surface area contributed by atoms with Gasteiger partial charge in [0.15, 0.2) is 0 Å². The second-order valence-corrected chi connectivity index (χ2v) is 7.59. The molecule has 0 bridgehead atoms. The average molecular weight is 325 g/mol. The van der Waals surface area contributed by atoms with Crippen molar-refractivity contribution in [2.75, 3.05) is 33.3 Å². The molecular weight excluding hydrogens is 298 g/mol. The third-order valence-electron chi connectivity index (χ3n) is 6.23. The second-order valence-electron chi connectivity index (χ2n) is 7.59. The number of pyridine rings is 1. The number of rotatable bonds is 3. The van der Waals surface area contributed by atoms with E-state index in [1.54, 1.807) is 0 Å². The van der Waals surface area contributed by atoms with Gasteiger partial charge in [-0.1, -0.05) is 18.2 Å². The first-order valence-electron chi connectivity index (χ1n) is 9.08. The largest absolute Gasteiger partial charge is 0.396 e. The number of hydrogen-bond donors (Lipinski definition) is 1. The first kappa shape index (κ1) is 16.0. The summed E-state index contributed by atoms with van der Waals surface area (Å²) in [4.78, 5) is 9.50. The maximum atomic E-state index is 10.1. The van der Waals surface area contributed by atoms with Crippen LogP contribution in [0, 0.1) is 5.41 Å². The zero-order valence-corrected chi connectivity index (χ0v) is 14.5. The molecule has 2 atom stereocenters. The molecule has 0 spiro atoms. The van der Waals surface area contributed by atoms with Gasteiger partial charge in [-0.15, -0.1) is 0 Å². The molecule has 0 radical (unpaired) electrons. The number of aliphatic hydroxyl groups is 1. The molecule has 0 amide bonds. The molecule has 1 N–H and O–H groups in total. The number of nitrogens with zero attached hydrogens (tertiary/aromatic N) is 3. The second kappa shape index (κ2) is 6.43. The van der Waals surface area contributed by atoms with Gasteiger partial charge in [0, 0.05) is 36.1 Å². The van der Waals surface area contributed by atoms with Crippen molar-refractivity contribution in [3.8, 4) is 0 Å². The van der Waals surface area contributed by atoms with Crippen LogP contribution in [0.25, 0.3) is 10.9 Å². The van der Waals surface area contributed by atoms with Crippen molar-refractivity contribution in [3.05, 3.63) is 42.1 Å². The van der Waals surface area contributed by atoms with E-state index in [-0.39, 0.29) is 5.41 Å². The van der Waals surface area contributed by atoms with E-state index >= 15 is 0 Å². The predicted molar refractivity (Wildman–Crippen MR) is 96.8 cm³/mol. The highest BCUT2D eigenvalue weighted by atomic mass is 16.3. The SMILES string of the molecule is CN1CCC[C@]2(CO)CCN(Cc3cccc4ncccc34)C[C@@H]12. The van der Waals surface area contributed by atoms with E-state index in [1.807, 2.05) is 12.3 Å². The molecule has 128 valence electrons. The maximum absolute atomic E-state index is 10.1. The predicted octanol–water partition coefficient (Wildman–Crippen LogP) is 2.51. The van der Waals surface area contributed by atoms with Crippen LogP contribution in [0.5, 0.6) is 0 Å². The Morgan fingerprint density at radius 1 is 1.21 bits per heavy atom. The Morgan fingerprint density at radius 3 is 3.00 bits per heavy atom. The van der Waals surface area contributed by atoms with Crippen LogP contribution in [0.2, 0.25) is 0 Å². The lowest BCUT2D eigenvalue weighted by Crippen LogP contribution is -2.61. The van der Waals surface area contributed by atoms with Crippen LogP contribution >= 0.6 is 0 Å². The van der Waals surface area contributed by atoms with Gasteiger partial charge < -0.3 is 10.0 Å². The van der Waals surface area contributed by atoms with Gasteiger partial charge in [0.2, 0.25) is 0 Å². The molecule has 24 heavy (non-hydrogen) atoms. The highest BCUT2D eigenvalue weighted by Gasteiger charge is 2.46. The molecular formula is C20H27N3O. The van der Waals surface area contributed by atoms with E-state index in [0.29, 0.717) is 12.6 Å². The van der Waals surface area contributed by atoms with Gasteiger partial charge >= 0.3 is 0 Å². The van der Waals surface area contributed by atoms with Gasteiger partial charge in [-0.3, -0.25) is 9.88 Å². The number of likely N-dealkylation sites (tertiary alicyclic amines) is 2. The van der Waals surface area contributed by atoms with Crippen molar-refractivity contribution < 1.29 is 5.11 Å². The lowest BCUT2D eigenvalue weighted by Gasteiger charge is -2.53. The molecule has 2 aliphatic rings. The van der Waals surface area contributed by atoms with Gasteiger partial charge in [-0.2, -0.15) is 0 Å². The summed E-state index contributed by atoms with van der Waals surface area (Å²) < 4.78 is 0. The summed E-state index contributed by atoms with van der Waals surface area (Å²) >= 11 is 0. The molecule has 2 saturated heterocycles. The minimum absolute atomic E-state index is 0.115. The summed E-state index contributed by atoms with van der Waals surface area (Å²) in [7, 11) is 2.22. The van der Waals surface area contributed by atoms with Crippen molar-refractivity contribution in [1.29, 1.82) is 0 Å². The first-order valence-corrected chi connectivity index (χ1v) is 9.08. The molecule has 1 aromatic heterocycles. The highest BCUT2D eigenvalue weighted by Crippen LogP contribution is 2.41. The van der Waals surface area contributed by atoms with Gasteiger partial charge in [0.1, 0.15) is 0 Å². The van der Waals surface area contributed by atoms with Gasteiger partial charge in [-0.05, 0) is 57.1 Å². The lowest BCUT2D eigenvalue weighted by atomic mass is 9.69. The van der Waals surface area contributed by atoms with E-state index in [2.05, 4.69) is 46.1 Å². The lowest BCUT2D eigenvalue weighted by molar-refractivity contribution is -0.0683. The van der Waals surface area contributed by atoms with Crippen molar-refractivity contribution in [3.63, 3.8) is 0 Å². The number of fused-ring (bicyclic) bond motifs is 2. The Morgan fingerprint density at radius 2 is 2.12 bits per heavy atom. The third kappa shape index (κ3) is 2.73. The molecule has 4 rings (SSSR count). The Labute approximate surface area is 144 Å². The highest BCUT2D eigenvalue weighted by molar-refractivity contribution is 5.81. The number of aliphatic hydroxyl groups excluding tert-OH is 1. The van der Waals surface area contributed by atoms with Crippen molar-refractivity contribution >= 4 is 10.9 Å². The molecule has 4 nitrogen and oxygen atoms in total. The monoisotopic (exact) mass is 325 g/mol. The summed E-state index contributed by atoms with van der Waals surface area (Å²) in [5, 5.41) is 11.3. The number of likely N-dealkylation sites (N-methyl/N-ethyl adjacent to an activating group) is 1. The number of aromatic nitrogens is 1. The first-order chi connectivity index (χ1) is 11.7. The average Bonchev–Trinajstić information content (AvgIpc) is 2.63. The van der Waals surface area contributed by atoms with Crippen LogP contribution < -0.4 is 0 Å². The zero-order chi connectivity index (χ0) is 16.6. The van der Waals surface area contributed by atoms with E-state index in [9.17, 15) is 5.11 Å². The van der Waals surface area contributed by atoms with Crippen molar-refractivity contribution in [2.45, 2.75) is 31.8 Å². The molecule has 4 heteroatoms. The minimum atomic E-state index is 0.115. The standard InChI is InChI=1S/C20H27N3O/c1-22-11-4-8-20(15-24)9-12-23(14-19(20)22)13-16-5-2-7-18-17(16)6-3-10-21-18/h2-3,5-7,10,19,24H,4,8-9,11-15H2,1H3/t19-,20-/m1/s1. The topological polar surface area (TPSA) is 39.6 Å². The molecule has 2 fully saturated rings. The molecule has 0 saturated carbocycles. The van der Waals surface area contributed by atoms with Crippen LogP contribution in [0.1, 0.15) is 24.8 Å². The summed E-state index contributed by atoms with van der Waals surface area (Å²) in [6, 6.07) is 11.1. The van der Waals surface area contributed by atoms with Gasteiger partial charge in [-0.25, -0.2) is 0 Å². The maximum Gasteiger partial charge on any atom is 0.0705 e. The number of piperidine rings is 2. The molecule has 2 aliphatic heterocycles. The fourth-order valence-electron chi connectivity index (χ4n) is 4.76. The fourth-order valence-corrected chi connectivity index (χ4v) is 4.76. The molecule has 0 unspecified atom stereocenters. The third-order valence-corrected chi connectivity index (χ3v) is 6.23. The molecule has 3 heterocycles. The van der Waals surface area contributed by atoms with Gasteiger partial charge in [0.05, 0.1) is 12.1 Å². The molecule has 0 aliphatic carbocycles. The van der Waals surface area contributed by atoms with Crippen LogP contribution in [0.15, 0.2) is 36.5 Å². The Kier molecular flexibility index (Phi) is 4.29. The minimum Gasteiger partial charge on any atom is -0.396 e. The van der Waals surface area contributed by atoms with Gasteiger partial charge in [0.25, 0.3) is 0 Å². The van der Waals surface area contributed by atoms with Crippen LogP contribution in [0.4, 0.5) is 0 Å². The Hall–Kier alpha value is -1.49. The van der Waals surface area contributed by atoms with Crippen LogP contribution in [-0.2, 0) is 6.54 Å². The Balaban J connectivity index is 1.56. The zero-order valence-electron chi connectivity index (χ0n) is 14.5. The summed E-state index contributed by atoms with van der Waals surface area (Å²) in [5.41, 5.74) is 2.55. The van der Waals surface area contributed by atoms with E-state index < -0.39 is 0 Å². The molecule has 1 aromatic carbocycles. The fraction of sp³-hybridized carbons (Fsp3) is 0.550. The summed E-state index contributed by atoms with van der Waals surface area (Å²) in [6.45, 7) is 4.57. The molecule has 2 aromatic rings. The van der Waals surface area contributed by atoms with E-state index in [4.69, 9.17) is 0 Å². The quantitative estimate of drug-likeness (QED) is 0.941. The Bertz CT molecular complexity index is 714. The normalized spacial score (nSPS) is 28.8. The summed E-state index contributed by atoms with van der Waals surface area (Å²) in [5.74, 6) is 0. The van der Waals surface area contributed by atoms with Crippen molar-refractivity contribution in [1.82, 2.24) is 14.8 Å². The smallest absolute Gasteiger partial charge is 0.0705 e. The van der Waals surface area contributed by atoms with Crippen molar-refractivity contribution in [2.24, 2.45) is 5.41 Å². The number of hydrogen-bond acceptors (Lipinski definition) is 4. The van der Waals surface area contributed by atoms with Crippen LogP contribution in [-0.4, -0.2) is 59.2 Å².